The van der Waals surface area contributed by atoms with Crippen LogP contribution in [-0.4, -0.2) is 64.6 Å². The third-order valence-corrected chi connectivity index (χ3v) is 4.20. The Morgan fingerprint density at radius 3 is 2.17 bits per heavy atom. The molecule has 136 valence electrons. The second-order valence-corrected chi connectivity index (χ2v) is 6.21. The summed E-state index contributed by atoms with van der Waals surface area (Å²) in [5, 5.41) is 3.48. The Kier molecular flexibility index (Phi) is 7.15. The van der Waals surface area contributed by atoms with Gasteiger partial charge in [-0.1, -0.05) is 0 Å². The summed E-state index contributed by atoms with van der Waals surface area (Å²) in [6.07, 6.45) is 0.611. The van der Waals surface area contributed by atoms with Crippen LogP contribution >= 0.6 is 0 Å². The van der Waals surface area contributed by atoms with Gasteiger partial charge in [0.15, 0.2) is 11.5 Å². The van der Waals surface area contributed by atoms with E-state index < -0.39 is 0 Å². The number of hydrogen-bond acceptors (Lipinski definition) is 6. The van der Waals surface area contributed by atoms with Gasteiger partial charge in [-0.25, -0.2) is 0 Å². The van der Waals surface area contributed by atoms with Crippen molar-refractivity contribution in [3.8, 4) is 17.2 Å². The number of ether oxygens (including phenoxy) is 4. The summed E-state index contributed by atoms with van der Waals surface area (Å²) in [6, 6.07) is 3.82. The molecule has 1 aliphatic heterocycles. The standard InChI is InChI=1S/C18H30N2O4/c1-13-11-20(12-14(2)24-13)7-6-19-10-15-8-17(22-4)18(23-5)9-16(15)21-3/h8-9,13-14,19H,6-7,10-12H2,1-5H3/t13-,14-/m0/s1. The summed E-state index contributed by atoms with van der Waals surface area (Å²) in [5.41, 5.74) is 1.05. The van der Waals surface area contributed by atoms with Crippen LogP contribution in [0.5, 0.6) is 17.2 Å². The van der Waals surface area contributed by atoms with Gasteiger partial charge in [0.2, 0.25) is 0 Å². The summed E-state index contributed by atoms with van der Waals surface area (Å²) in [7, 11) is 4.93. The van der Waals surface area contributed by atoms with E-state index in [0.717, 1.165) is 44.0 Å². The number of nitrogens with one attached hydrogen (secondary N) is 1. The Morgan fingerprint density at radius 1 is 1.00 bits per heavy atom. The molecule has 1 N–H and O–H groups in total. The van der Waals surface area contributed by atoms with E-state index in [2.05, 4.69) is 24.1 Å². The smallest absolute Gasteiger partial charge is 0.164 e. The predicted molar refractivity (Wildman–Crippen MR) is 94.3 cm³/mol. The fourth-order valence-corrected chi connectivity index (χ4v) is 3.16. The first-order valence-electron chi connectivity index (χ1n) is 8.44. The van der Waals surface area contributed by atoms with E-state index in [1.807, 2.05) is 12.1 Å². The molecule has 6 nitrogen and oxygen atoms in total. The molecule has 1 aromatic rings. The van der Waals surface area contributed by atoms with E-state index >= 15 is 0 Å². The molecular weight excluding hydrogens is 308 g/mol. The maximum absolute atomic E-state index is 5.77. The Labute approximate surface area is 145 Å². The van der Waals surface area contributed by atoms with Gasteiger partial charge < -0.3 is 24.3 Å². The largest absolute Gasteiger partial charge is 0.496 e. The van der Waals surface area contributed by atoms with E-state index in [4.69, 9.17) is 18.9 Å². The first kappa shape index (κ1) is 18.8. The van der Waals surface area contributed by atoms with Crippen LogP contribution < -0.4 is 19.5 Å². The van der Waals surface area contributed by atoms with Gasteiger partial charge in [-0.15, -0.1) is 0 Å². The molecule has 0 radical (unpaired) electrons. The minimum atomic E-state index is 0.305. The Hall–Kier alpha value is -1.50. The van der Waals surface area contributed by atoms with Crippen molar-refractivity contribution in [1.82, 2.24) is 10.2 Å². The van der Waals surface area contributed by atoms with Crippen molar-refractivity contribution < 1.29 is 18.9 Å². The highest BCUT2D eigenvalue weighted by molar-refractivity contribution is 5.50. The van der Waals surface area contributed by atoms with Crippen molar-refractivity contribution in [2.45, 2.75) is 32.6 Å². The molecule has 1 heterocycles. The minimum absolute atomic E-state index is 0.305. The highest BCUT2D eigenvalue weighted by Crippen LogP contribution is 2.34. The topological polar surface area (TPSA) is 52.2 Å². The van der Waals surface area contributed by atoms with Gasteiger partial charge in [-0.05, 0) is 19.9 Å². The number of nitrogens with zero attached hydrogens (tertiary/aromatic N) is 1. The van der Waals surface area contributed by atoms with E-state index in [0.29, 0.717) is 23.7 Å². The number of benzene rings is 1. The van der Waals surface area contributed by atoms with E-state index in [1.165, 1.54) is 0 Å². The van der Waals surface area contributed by atoms with Crippen molar-refractivity contribution in [3.05, 3.63) is 17.7 Å². The van der Waals surface area contributed by atoms with Gasteiger partial charge in [0.05, 0.1) is 33.5 Å². The van der Waals surface area contributed by atoms with Crippen LogP contribution in [0.3, 0.4) is 0 Å². The third-order valence-electron chi connectivity index (χ3n) is 4.20. The van der Waals surface area contributed by atoms with Gasteiger partial charge in [0.1, 0.15) is 5.75 Å². The van der Waals surface area contributed by atoms with Crippen LogP contribution in [0.25, 0.3) is 0 Å². The van der Waals surface area contributed by atoms with Crippen molar-refractivity contribution in [2.24, 2.45) is 0 Å². The van der Waals surface area contributed by atoms with Crippen LogP contribution in [0.1, 0.15) is 19.4 Å². The van der Waals surface area contributed by atoms with Gasteiger partial charge in [0.25, 0.3) is 0 Å². The van der Waals surface area contributed by atoms with E-state index in [-0.39, 0.29) is 0 Å². The zero-order chi connectivity index (χ0) is 17.5. The molecule has 0 aromatic heterocycles. The summed E-state index contributed by atoms with van der Waals surface area (Å²) in [6.45, 7) is 8.89. The molecule has 0 aliphatic carbocycles. The predicted octanol–water partition coefficient (Wildman–Crippen LogP) is 1.91. The number of hydrogen-bond donors (Lipinski definition) is 1. The molecule has 6 heteroatoms. The van der Waals surface area contributed by atoms with Gasteiger partial charge in [-0.2, -0.15) is 0 Å². The minimum Gasteiger partial charge on any atom is -0.496 e. The lowest BCUT2D eigenvalue weighted by atomic mass is 10.1. The quantitative estimate of drug-likeness (QED) is 0.731. The maximum Gasteiger partial charge on any atom is 0.164 e. The molecule has 0 unspecified atom stereocenters. The van der Waals surface area contributed by atoms with Crippen LogP contribution in [0.2, 0.25) is 0 Å². The summed E-state index contributed by atoms with van der Waals surface area (Å²) in [5.74, 6) is 2.19. The second kappa shape index (κ2) is 9.11. The first-order chi connectivity index (χ1) is 11.6. The van der Waals surface area contributed by atoms with Gasteiger partial charge >= 0.3 is 0 Å². The Morgan fingerprint density at radius 2 is 1.58 bits per heavy atom. The van der Waals surface area contributed by atoms with Crippen LogP contribution in [0, 0.1) is 0 Å². The Bertz CT molecular complexity index is 514. The van der Waals surface area contributed by atoms with Crippen molar-refractivity contribution in [1.29, 1.82) is 0 Å². The summed E-state index contributed by atoms with van der Waals surface area (Å²) in [4.78, 5) is 2.44. The van der Waals surface area contributed by atoms with Crippen LogP contribution in [-0.2, 0) is 11.3 Å². The molecule has 1 saturated heterocycles. The lowest BCUT2D eigenvalue weighted by molar-refractivity contribution is -0.0674. The third kappa shape index (κ3) is 5.00. The fraction of sp³-hybridized carbons (Fsp3) is 0.667. The van der Waals surface area contributed by atoms with E-state index in [9.17, 15) is 0 Å². The number of morpholine rings is 1. The second-order valence-electron chi connectivity index (χ2n) is 6.21. The van der Waals surface area contributed by atoms with Crippen LogP contribution in [0.15, 0.2) is 12.1 Å². The van der Waals surface area contributed by atoms with Crippen LogP contribution in [0.4, 0.5) is 0 Å². The lowest BCUT2D eigenvalue weighted by Crippen LogP contribution is -2.47. The molecule has 24 heavy (non-hydrogen) atoms. The van der Waals surface area contributed by atoms with Gasteiger partial charge in [0, 0.05) is 44.4 Å². The molecule has 1 aromatic carbocycles. The molecular formula is C18H30N2O4. The zero-order valence-electron chi connectivity index (χ0n) is 15.4. The fourth-order valence-electron chi connectivity index (χ4n) is 3.16. The molecule has 0 amide bonds. The molecule has 0 spiro atoms. The highest BCUT2D eigenvalue weighted by Gasteiger charge is 2.21. The zero-order valence-corrected chi connectivity index (χ0v) is 15.4. The van der Waals surface area contributed by atoms with Crippen molar-refractivity contribution >= 4 is 0 Å². The van der Waals surface area contributed by atoms with Crippen molar-refractivity contribution in [2.75, 3.05) is 47.5 Å². The lowest BCUT2D eigenvalue weighted by Gasteiger charge is -2.35. The number of methoxy groups -OCH3 is 3. The molecule has 0 saturated carbocycles. The average molecular weight is 338 g/mol. The average Bonchev–Trinajstić information content (AvgIpc) is 2.57. The van der Waals surface area contributed by atoms with Gasteiger partial charge in [-0.3, -0.25) is 4.90 Å². The first-order valence-corrected chi connectivity index (χ1v) is 8.44. The summed E-state index contributed by atoms with van der Waals surface area (Å²) >= 11 is 0. The summed E-state index contributed by atoms with van der Waals surface area (Å²) < 4.78 is 21.9. The van der Waals surface area contributed by atoms with Crippen molar-refractivity contribution in [3.63, 3.8) is 0 Å². The molecule has 2 atom stereocenters. The SMILES string of the molecule is COc1cc(OC)c(OC)cc1CNCCN1C[C@H](C)O[C@@H](C)C1. The molecule has 1 aliphatic rings. The van der Waals surface area contributed by atoms with E-state index in [1.54, 1.807) is 21.3 Å². The molecule has 2 rings (SSSR count). The Balaban J connectivity index is 1.87. The normalized spacial score (nSPS) is 21.5. The number of rotatable bonds is 8. The maximum atomic E-state index is 5.77. The monoisotopic (exact) mass is 338 g/mol. The molecule has 0 bridgehead atoms. The molecule has 1 fully saturated rings. The highest BCUT2D eigenvalue weighted by atomic mass is 16.5.